The second kappa shape index (κ2) is 8.81. The molecule has 4 heterocycles. The molecule has 1 saturated heterocycles. The molecule has 2 amide bonds. The Morgan fingerprint density at radius 1 is 1.12 bits per heavy atom. The van der Waals surface area contributed by atoms with Crippen molar-refractivity contribution >= 4 is 44.6 Å². The van der Waals surface area contributed by atoms with Crippen LogP contribution in [0, 0.1) is 5.82 Å². The molecule has 10 heteroatoms. The zero-order valence-corrected chi connectivity index (χ0v) is 18.6. The van der Waals surface area contributed by atoms with Crippen molar-refractivity contribution < 1.29 is 9.18 Å². The monoisotopic (exact) mass is 469 g/mol. The third-order valence-electron chi connectivity index (χ3n) is 5.41. The summed E-state index contributed by atoms with van der Waals surface area (Å²) in [6, 6.07) is 9.48. The molecule has 4 aromatic rings. The molecule has 7 nitrogen and oxygen atoms in total. The van der Waals surface area contributed by atoms with Gasteiger partial charge < -0.3 is 15.2 Å². The van der Waals surface area contributed by atoms with Crippen LogP contribution in [0.5, 0.6) is 0 Å². The molecule has 2 N–H and O–H groups in total. The van der Waals surface area contributed by atoms with E-state index in [9.17, 15) is 14.0 Å². The van der Waals surface area contributed by atoms with Crippen molar-refractivity contribution in [2.75, 3.05) is 31.5 Å². The molecule has 0 aliphatic carbocycles. The summed E-state index contributed by atoms with van der Waals surface area (Å²) in [6.45, 7) is 2.97. The smallest absolute Gasteiger partial charge is 0.321 e. The lowest BCUT2D eigenvalue weighted by atomic mass is 10.2. The highest BCUT2D eigenvalue weighted by atomic mass is 32.1. The fourth-order valence-corrected chi connectivity index (χ4v) is 5.52. The molecule has 0 spiro atoms. The Balaban J connectivity index is 1.22. The Morgan fingerprint density at radius 2 is 1.91 bits per heavy atom. The number of fused-ring (bicyclic) bond motifs is 1. The largest absolute Gasteiger partial charge is 0.322 e. The predicted octanol–water partition coefficient (Wildman–Crippen LogP) is 4.20. The summed E-state index contributed by atoms with van der Waals surface area (Å²) < 4.78 is 13.0. The summed E-state index contributed by atoms with van der Waals surface area (Å²) in [5, 5.41) is 7.41. The first-order valence-electron chi connectivity index (χ1n) is 10.1. The zero-order valence-electron chi connectivity index (χ0n) is 17.0. The van der Waals surface area contributed by atoms with Gasteiger partial charge in [0.1, 0.15) is 16.5 Å². The Hall–Kier alpha value is -3.08. The lowest BCUT2D eigenvalue weighted by molar-refractivity contribution is 0.141. The number of carbonyl (C=O) groups is 1. The average Bonchev–Trinajstić information content (AvgIpc) is 3.46. The maximum atomic E-state index is 13.0. The number of anilines is 1. The first-order valence-corrected chi connectivity index (χ1v) is 11.9. The average molecular weight is 470 g/mol. The van der Waals surface area contributed by atoms with E-state index in [1.807, 2.05) is 22.9 Å². The van der Waals surface area contributed by atoms with Crippen molar-refractivity contribution in [2.45, 2.75) is 6.54 Å². The first-order chi connectivity index (χ1) is 15.6. The fourth-order valence-electron chi connectivity index (χ4n) is 3.74. The molecule has 1 aliphatic rings. The summed E-state index contributed by atoms with van der Waals surface area (Å²) in [7, 11) is 0. The van der Waals surface area contributed by atoms with E-state index < -0.39 is 0 Å². The van der Waals surface area contributed by atoms with E-state index in [2.05, 4.69) is 20.2 Å². The van der Waals surface area contributed by atoms with E-state index in [4.69, 9.17) is 0 Å². The number of thiophene rings is 2. The number of rotatable bonds is 4. The van der Waals surface area contributed by atoms with E-state index in [1.165, 1.54) is 35.6 Å². The molecule has 1 fully saturated rings. The summed E-state index contributed by atoms with van der Waals surface area (Å²) in [6.07, 6.45) is 0. The minimum absolute atomic E-state index is 0.119. The zero-order chi connectivity index (χ0) is 22.1. The second-order valence-electron chi connectivity index (χ2n) is 7.52. The molecule has 32 heavy (non-hydrogen) atoms. The number of H-pyrrole nitrogens is 1. The first kappa shape index (κ1) is 20.8. The van der Waals surface area contributed by atoms with Crippen LogP contribution < -0.4 is 10.9 Å². The molecule has 0 saturated carbocycles. The van der Waals surface area contributed by atoms with E-state index in [0.717, 1.165) is 15.3 Å². The number of aromatic amines is 1. The van der Waals surface area contributed by atoms with Crippen molar-refractivity contribution in [3.8, 4) is 10.4 Å². The van der Waals surface area contributed by atoms with Crippen LogP contribution in [-0.4, -0.2) is 52.0 Å². The quantitative estimate of drug-likeness (QED) is 0.469. The van der Waals surface area contributed by atoms with Gasteiger partial charge in [-0.25, -0.2) is 14.2 Å². The van der Waals surface area contributed by atoms with Crippen molar-refractivity contribution in [2.24, 2.45) is 0 Å². The number of amides is 2. The highest BCUT2D eigenvalue weighted by Gasteiger charge is 2.22. The van der Waals surface area contributed by atoms with Gasteiger partial charge in [0.15, 0.2) is 0 Å². The molecule has 5 rings (SSSR count). The van der Waals surface area contributed by atoms with Gasteiger partial charge >= 0.3 is 6.03 Å². The van der Waals surface area contributed by atoms with Crippen LogP contribution >= 0.6 is 22.7 Å². The maximum absolute atomic E-state index is 13.0. The molecule has 164 valence electrons. The second-order valence-corrected chi connectivity index (χ2v) is 9.33. The number of hydrogen-bond acceptors (Lipinski definition) is 6. The number of aromatic nitrogens is 2. The molecule has 0 unspecified atom stereocenters. The lowest BCUT2D eigenvalue weighted by Crippen LogP contribution is -2.49. The van der Waals surface area contributed by atoms with Gasteiger partial charge in [0, 0.05) is 47.7 Å². The molecular weight excluding hydrogens is 449 g/mol. The number of halogens is 1. The van der Waals surface area contributed by atoms with Gasteiger partial charge in [-0.1, -0.05) is 6.07 Å². The van der Waals surface area contributed by atoms with Crippen LogP contribution in [0.25, 0.3) is 20.7 Å². The van der Waals surface area contributed by atoms with Gasteiger partial charge in [-0.3, -0.25) is 9.69 Å². The Morgan fingerprint density at radius 3 is 2.62 bits per heavy atom. The van der Waals surface area contributed by atoms with Crippen molar-refractivity contribution in [1.29, 1.82) is 0 Å². The number of carbonyl (C=O) groups excluding carboxylic acids is 1. The Labute approximate surface area is 191 Å². The topological polar surface area (TPSA) is 81.3 Å². The number of piperazine rings is 1. The van der Waals surface area contributed by atoms with Gasteiger partial charge in [0.25, 0.3) is 5.56 Å². The molecule has 1 aromatic carbocycles. The van der Waals surface area contributed by atoms with Crippen molar-refractivity contribution in [1.82, 2.24) is 19.8 Å². The molecule has 3 aromatic heterocycles. The summed E-state index contributed by atoms with van der Waals surface area (Å²) in [5.41, 5.74) is 1.37. The summed E-state index contributed by atoms with van der Waals surface area (Å²) >= 11 is 3.09. The van der Waals surface area contributed by atoms with Gasteiger partial charge in [0.2, 0.25) is 0 Å². The fraction of sp³-hybridized carbons (Fsp3) is 0.227. The van der Waals surface area contributed by atoms with E-state index in [1.54, 1.807) is 16.2 Å². The van der Waals surface area contributed by atoms with Crippen LogP contribution in [-0.2, 0) is 6.54 Å². The molecular formula is C22H20FN5O2S2. The predicted molar refractivity (Wildman–Crippen MR) is 126 cm³/mol. The molecule has 0 atom stereocenters. The van der Waals surface area contributed by atoms with Crippen LogP contribution in [0.3, 0.4) is 0 Å². The lowest BCUT2D eigenvalue weighted by Gasteiger charge is -2.34. The number of hydrogen-bond donors (Lipinski definition) is 2. The van der Waals surface area contributed by atoms with Gasteiger partial charge in [-0.15, -0.1) is 22.7 Å². The minimum atomic E-state index is -0.341. The Bertz CT molecular complexity index is 1290. The van der Waals surface area contributed by atoms with E-state index >= 15 is 0 Å². The molecule has 0 radical (unpaired) electrons. The van der Waals surface area contributed by atoms with Crippen LogP contribution in [0.1, 0.15) is 5.82 Å². The third-order valence-corrected chi connectivity index (χ3v) is 7.18. The highest BCUT2D eigenvalue weighted by molar-refractivity contribution is 7.18. The number of urea groups is 1. The summed E-state index contributed by atoms with van der Waals surface area (Å²) in [4.78, 5) is 38.5. The SMILES string of the molecule is O=C(Nc1ccc(F)cc1)N1CCN(Cc2nc3scc(-c4cccs4)c3c(=O)[nH]2)CC1. The van der Waals surface area contributed by atoms with Crippen LogP contribution in [0.15, 0.2) is 52.0 Å². The highest BCUT2D eigenvalue weighted by Crippen LogP contribution is 2.33. The minimum Gasteiger partial charge on any atom is -0.322 e. The van der Waals surface area contributed by atoms with Crippen LogP contribution in [0.4, 0.5) is 14.9 Å². The van der Waals surface area contributed by atoms with Gasteiger partial charge in [-0.05, 0) is 35.7 Å². The van der Waals surface area contributed by atoms with Gasteiger partial charge in [0.05, 0.1) is 11.9 Å². The molecule has 1 aliphatic heterocycles. The maximum Gasteiger partial charge on any atom is 0.321 e. The number of benzene rings is 1. The summed E-state index contributed by atoms with van der Waals surface area (Å²) in [5.74, 6) is 0.290. The number of nitrogens with zero attached hydrogens (tertiary/aromatic N) is 3. The molecule has 0 bridgehead atoms. The standard InChI is InChI=1S/C22H20FN5O2S2/c23-14-3-5-15(6-4-14)24-22(30)28-9-7-27(8-10-28)12-18-25-20(29)19-16(13-32-21(19)26-18)17-2-1-11-31-17/h1-6,11,13H,7-10,12H2,(H,24,30)(H,25,26,29). The third kappa shape index (κ3) is 4.29. The van der Waals surface area contributed by atoms with Crippen LogP contribution in [0.2, 0.25) is 0 Å². The van der Waals surface area contributed by atoms with Gasteiger partial charge in [-0.2, -0.15) is 0 Å². The van der Waals surface area contributed by atoms with E-state index in [0.29, 0.717) is 49.6 Å². The van der Waals surface area contributed by atoms with Crippen molar-refractivity contribution in [3.05, 3.63) is 69.2 Å². The normalized spacial score (nSPS) is 14.7. The van der Waals surface area contributed by atoms with Crippen molar-refractivity contribution in [3.63, 3.8) is 0 Å². The van der Waals surface area contributed by atoms with E-state index in [-0.39, 0.29) is 17.4 Å². The Kier molecular flexibility index (Phi) is 5.73. The number of nitrogens with one attached hydrogen (secondary N) is 2.